The van der Waals surface area contributed by atoms with E-state index in [-0.39, 0.29) is 5.92 Å². The lowest BCUT2D eigenvalue weighted by Gasteiger charge is -2.14. The van der Waals surface area contributed by atoms with Gasteiger partial charge in [0.2, 0.25) is 0 Å². The molecule has 2 heteroatoms. The second-order valence-electron chi connectivity index (χ2n) is 3.60. The molecule has 1 aromatic rings. The number of hydrogen-bond donors (Lipinski definition) is 0. The van der Waals surface area contributed by atoms with Gasteiger partial charge in [-0.05, 0) is 36.5 Å². The molecule has 0 saturated heterocycles. The highest BCUT2D eigenvalue weighted by Crippen LogP contribution is 2.25. The van der Waals surface area contributed by atoms with Crippen molar-refractivity contribution in [1.29, 1.82) is 0 Å². The molecule has 0 aliphatic carbocycles. The highest BCUT2D eigenvalue weighted by Gasteiger charge is 2.10. The van der Waals surface area contributed by atoms with Crippen LogP contribution < -0.4 is 0 Å². The fourth-order valence-corrected chi connectivity index (χ4v) is 1.77. The third-order valence-corrected chi connectivity index (χ3v) is 2.49. The fraction of sp³-hybridized carbons (Fsp3) is 0.500. The standard InChI is InChI=1S/C12H16F2/c1-3-5-9(4-2)10-6-11(13)8-12(14)7-10/h6-9H,3-5H2,1-2H3. The lowest BCUT2D eigenvalue weighted by Crippen LogP contribution is -1.98. The molecule has 0 aromatic heterocycles. The van der Waals surface area contributed by atoms with Crippen LogP contribution in [0.15, 0.2) is 18.2 Å². The van der Waals surface area contributed by atoms with Crippen LogP contribution in [0.2, 0.25) is 0 Å². The molecule has 1 rings (SSSR count). The summed E-state index contributed by atoms with van der Waals surface area (Å²) in [6, 6.07) is 3.79. The van der Waals surface area contributed by atoms with Crippen LogP contribution in [0.5, 0.6) is 0 Å². The van der Waals surface area contributed by atoms with E-state index in [1.54, 1.807) is 0 Å². The predicted octanol–water partition coefficient (Wildman–Crippen LogP) is 4.26. The van der Waals surface area contributed by atoms with E-state index in [0.29, 0.717) is 0 Å². The van der Waals surface area contributed by atoms with Crippen molar-refractivity contribution in [3.8, 4) is 0 Å². The van der Waals surface area contributed by atoms with Crippen LogP contribution in [0.4, 0.5) is 8.78 Å². The highest BCUT2D eigenvalue weighted by atomic mass is 19.1. The molecule has 0 nitrogen and oxygen atoms in total. The Morgan fingerprint density at radius 1 is 1.07 bits per heavy atom. The minimum absolute atomic E-state index is 0.283. The van der Waals surface area contributed by atoms with Crippen LogP contribution in [-0.2, 0) is 0 Å². The van der Waals surface area contributed by atoms with Crippen molar-refractivity contribution < 1.29 is 8.78 Å². The van der Waals surface area contributed by atoms with Gasteiger partial charge in [-0.3, -0.25) is 0 Å². The first kappa shape index (κ1) is 11.2. The van der Waals surface area contributed by atoms with Crippen molar-refractivity contribution in [2.24, 2.45) is 0 Å². The highest BCUT2D eigenvalue weighted by molar-refractivity contribution is 5.21. The topological polar surface area (TPSA) is 0 Å². The second-order valence-corrected chi connectivity index (χ2v) is 3.60. The van der Waals surface area contributed by atoms with Gasteiger partial charge in [-0.25, -0.2) is 8.78 Å². The Morgan fingerprint density at radius 2 is 1.64 bits per heavy atom. The van der Waals surface area contributed by atoms with E-state index in [0.717, 1.165) is 30.9 Å². The normalized spacial score (nSPS) is 12.9. The Kier molecular flexibility index (Phi) is 4.05. The van der Waals surface area contributed by atoms with Gasteiger partial charge >= 0.3 is 0 Å². The molecule has 0 bridgehead atoms. The minimum atomic E-state index is -0.477. The maximum Gasteiger partial charge on any atom is 0.126 e. The summed E-state index contributed by atoms with van der Waals surface area (Å²) in [5.74, 6) is -0.672. The van der Waals surface area contributed by atoms with E-state index in [4.69, 9.17) is 0 Å². The van der Waals surface area contributed by atoms with Crippen molar-refractivity contribution in [1.82, 2.24) is 0 Å². The van der Waals surface area contributed by atoms with Crippen molar-refractivity contribution >= 4 is 0 Å². The first-order valence-corrected chi connectivity index (χ1v) is 5.13. The third-order valence-electron chi connectivity index (χ3n) is 2.49. The van der Waals surface area contributed by atoms with Gasteiger partial charge in [0.1, 0.15) is 11.6 Å². The van der Waals surface area contributed by atoms with Gasteiger partial charge in [-0.2, -0.15) is 0 Å². The van der Waals surface area contributed by atoms with Crippen LogP contribution in [0, 0.1) is 11.6 Å². The quantitative estimate of drug-likeness (QED) is 0.678. The molecule has 1 aromatic carbocycles. The molecule has 0 radical (unpaired) electrons. The molecule has 0 amide bonds. The molecule has 0 aliphatic rings. The molecule has 0 fully saturated rings. The van der Waals surface area contributed by atoms with Gasteiger partial charge in [0.15, 0.2) is 0 Å². The Balaban J connectivity index is 2.91. The Morgan fingerprint density at radius 3 is 2.07 bits per heavy atom. The maximum absolute atomic E-state index is 12.9. The van der Waals surface area contributed by atoms with Crippen LogP contribution in [-0.4, -0.2) is 0 Å². The van der Waals surface area contributed by atoms with E-state index in [1.807, 2.05) is 6.92 Å². The number of rotatable bonds is 4. The van der Waals surface area contributed by atoms with Gasteiger partial charge in [-0.1, -0.05) is 20.3 Å². The van der Waals surface area contributed by atoms with Crippen molar-refractivity contribution in [2.45, 2.75) is 39.0 Å². The average molecular weight is 198 g/mol. The van der Waals surface area contributed by atoms with Crippen LogP contribution in [0.25, 0.3) is 0 Å². The van der Waals surface area contributed by atoms with Gasteiger partial charge < -0.3 is 0 Å². The average Bonchev–Trinajstić information content (AvgIpc) is 2.12. The van der Waals surface area contributed by atoms with Crippen LogP contribution in [0.3, 0.4) is 0 Å². The SMILES string of the molecule is CCCC(CC)c1cc(F)cc(F)c1. The summed E-state index contributed by atoms with van der Waals surface area (Å²) in [7, 11) is 0. The van der Waals surface area contributed by atoms with Crippen molar-refractivity contribution in [2.75, 3.05) is 0 Å². The summed E-state index contributed by atoms with van der Waals surface area (Å²) >= 11 is 0. The molecular weight excluding hydrogens is 182 g/mol. The molecule has 0 heterocycles. The third kappa shape index (κ3) is 2.79. The summed E-state index contributed by atoms with van der Waals surface area (Å²) in [5.41, 5.74) is 0.784. The Bertz CT molecular complexity index is 274. The fourth-order valence-electron chi connectivity index (χ4n) is 1.77. The molecule has 1 atom stereocenters. The van der Waals surface area contributed by atoms with E-state index in [2.05, 4.69) is 6.92 Å². The lowest BCUT2D eigenvalue weighted by molar-refractivity contribution is 0.554. The number of benzene rings is 1. The first-order valence-electron chi connectivity index (χ1n) is 5.13. The molecular formula is C12H16F2. The summed E-state index contributed by atoms with van der Waals surface area (Å²) < 4.78 is 25.8. The zero-order valence-corrected chi connectivity index (χ0v) is 8.69. The second kappa shape index (κ2) is 5.08. The predicted molar refractivity (Wildman–Crippen MR) is 54.3 cm³/mol. The summed E-state index contributed by atoms with van der Waals surface area (Å²) in [4.78, 5) is 0. The molecule has 78 valence electrons. The monoisotopic (exact) mass is 198 g/mol. The summed E-state index contributed by atoms with van der Waals surface area (Å²) in [6.07, 6.45) is 2.95. The minimum Gasteiger partial charge on any atom is -0.207 e. The zero-order valence-electron chi connectivity index (χ0n) is 8.69. The Labute approximate surface area is 84.0 Å². The van der Waals surface area contributed by atoms with E-state index in [1.165, 1.54) is 12.1 Å². The van der Waals surface area contributed by atoms with Gasteiger partial charge in [0.25, 0.3) is 0 Å². The van der Waals surface area contributed by atoms with E-state index in [9.17, 15) is 8.78 Å². The van der Waals surface area contributed by atoms with Gasteiger partial charge in [-0.15, -0.1) is 0 Å². The Hall–Kier alpha value is -0.920. The van der Waals surface area contributed by atoms with Crippen molar-refractivity contribution in [3.63, 3.8) is 0 Å². The van der Waals surface area contributed by atoms with Crippen molar-refractivity contribution in [3.05, 3.63) is 35.4 Å². The maximum atomic E-state index is 12.9. The molecule has 14 heavy (non-hydrogen) atoms. The number of halogens is 2. The zero-order chi connectivity index (χ0) is 10.6. The molecule has 0 aliphatic heterocycles. The number of hydrogen-bond acceptors (Lipinski definition) is 0. The lowest BCUT2D eigenvalue weighted by atomic mass is 9.92. The van der Waals surface area contributed by atoms with E-state index < -0.39 is 11.6 Å². The first-order chi connectivity index (χ1) is 6.67. The summed E-state index contributed by atoms with van der Waals surface area (Å²) in [5, 5.41) is 0. The van der Waals surface area contributed by atoms with E-state index >= 15 is 0 Å². The molecule has 0 spiro atoms. The molecule has 0 N–H and O–H groups in total. The molecule has 1 unspecified atom stereocenters. The summed E-state index contributed by atoms with van der Waals surface area (Å²) in [6.45, 7) is 4.13. The molecule has 0 saturated carbocycles. The smallest absolute Gasteiger partial charge is 0.126 e. The largest absolute Gasteiger partial charge is 0.207 e. The van der Waals surface area contributed by atoms with Crippen LogP contribution >= 0.6 is 0 Å². The van der Waals surface area contributed by atoms with Gasteiger partial charge in [0.05, 0.1) is 0 Å². The van der Waals surface area contributed by atoms with Gasteiger partial charge in [0, 0.05) is 6.07 Å². The van der Waals surface area contributed by atoms with Crippen LogP contribution in [0.1, 0.15) is 44.6 Å².